The van der Waals surface area contributed by atoms with Gasteiger partial charge in [-0.1, -0.05) is 36.9 Å². The number of amides is 2. The number of hydrogen-bond donors (Lipinski definition) is 2. The first-order valence-corrected chi connectivity index (χ1v) is 7.46. The zero-order valence-electron chi connectivity index (χ0n) is 13.5. The summed E-state index contributed by atoms with van der Waals surface area (Å²) in [6.07, 6.45) is 0. The molecule has 2 aromatic rings. The Hall–Kier alpha value is -3.02. The van der Waals surface area contributed by atoms with Crippen LogP contribution >= 0.6 is 0 Å². The summed E-state index contributed by atoms with van der Waals surface area (Å²) in [7, 11) is 2.86. The molecule has 2 unspecified atom stereocenters. The Labute approximate surface area is 139 Å². The van der Waals surface area contributed by atoms with Crippen molar-refractivity contribution in [2.24, 2.45) is 5.92 Å². The molecule has 2 aromatic carbocycles. The van der Waals surface area contributed by atoms with Crippen molar-refractivity contribution < 1.29 is 19.1 Å². The number of esters is 1. The highest BCUT2D eigenvalue weighted by Gasteiger charge is 2.40. The van der Waals surface area contributed by atoms with Gasteiger partial charge in [-0.2, -0.15) is 0 Å². The summed E-state index contributed by atoms with van der Waals surface area (Å²) in [6, 6.07) is 10.4. The SMILES string of the molecule is C=C1NC(=O)NC(c2c(OC)ccc3ccccc23)C1C(=O)OC. The van der Waals surface area contributed by atoms with E-state index in [1.165, 1.54) is 7.11 Å². The number of rotatable bonds is 3. The fourth-order valence-corrected chi connectivity index (χ4v) is 3.10. The molecule has 0 radical (unpaired) electrons. The van der Waals surface area contributed by atoms with Gasteiger partial charge in [0, 0.05) is 11.3 Å². The van der Waals surface area contributed by atoms with E-state index in [9.17, 15) is 9.59 Å². The first-order chi connectivity index (χ1) is 11.6. The molecule has 6 heteroatoms. The van der Waals surface area contributed by atoms with Crippen LogP contribution in [0.5, 0.6) is 5.75 Å². The minimum absolute atomic E-state index is 0.297. The number of urea groups is 1. The maximum absolute atomic E-state index is 12.3. The smallest absolute Gasteiger partial charge is 0.319 e. The van der Waals surface area contributed by atoms with Crippen molar-refractivity contribution in [3.63, 3.8) is 0 Å². The van der Waals surface area contributed by atoms with Gasteiger partial charge >= 0.3 is 12.0 Å². The van der Waals surface area contributed by atoms with Crippen LogP contribution in [0.3, 0.4) is 0 Å². The maximum Gasteiger partial charge on any atom is 0.319 e. The molecule has 0 aromatic heterocycles. The maximum atomic E-state index is 12.3. The molecule has 124 valence electrons. The van der Waals surface area contributed by atoms with Gasteiger partial charge in [0.15, 0.2) is 0 Å². The summed E-state index contributed by atoms with van der Waals surface area (Å²) in [4.78, 5) is 24.3. The Kier molecular flexibility index (Phi) is 4.12. The normalized spacial score (nSPS) is 20.2. The highest BCUT2D eigenvalue weighted by Crippen LogP contribution is 2.39. The number of hydrogen-bond acceptors (Lipinski definition) is 4. The van der Waals surface area contributed by atoms with Gasteiger partial charge in [-0.15, -0.1) is 0 Å². The molecule has 0 bridgehead atoms. The van der Waals surface area contributed by atoms with E-state index in [0.29, 0.717) is 11.4 Å². The Morgan fingerprint density at radius 2 is 1.92 bits per heavy atom. The van der Waals surface area contributed by atoms with Crippen molar-refractivity contribution in [1.29, 1.82) is 0 Å². The molecule has 1 fully saturated rings. The number of ether oxygens (including phenoxy) is 2. The molecule has 1 heterocycles. The number of carbonyl (C=O) groups is 2. The average molecular weight is 326 g/mol. The summed E-state index contributed by atoms with van der Waals surface area (Å²) in [5, 5.41) is 7.22. The molecule has 1 aliphatic heterocycles. The monoisotopic (exact) mass is 326 g/mol. The molecule has 3 rings (SSSR count). The third-order valence-electron chi connectivity index (χ3n) is 4.19. The van der Waals surface area contributed by atoms with Crippen LogP contribution in [0.15, 0.2) is 48.7 Å². The van der Waals surface area contributed by atoms with Gasteiger partial charge in [-0.3, -0.25) is 4.79 Å². The van der Waals surface area contributed by atoms with Crippen LogP contribution in [0, 0.1) is 5.92 Å². The van der Waals surface area contributed by atoms with Crippen molar-refractivity contribution in [3.05, 3.63) is 54.2 Å². The summed E-state index contributed by atoms with van der Waals surface area (Å²) >= 11 is 0. The zero-order valence-corrected chi connectivity index (χ0v) is 13.5. The second kappa shape index (κ2) is 6.23. The fourth-order valence-electron chi connectivity index (χ4n) is 3.10. The third-order valence-corrected chi connectivity index (χ3v) is 4.19. The van der Waals surface area contributed by atoms with Gasteiger partial charge in [0.25, 0.3) is 0 Å². The average Bonchev–Trinajstić information content (AvgIpc) is 2.59. The topological polar surface area (TPSA) is 76.7 Å². The Morgan fingerprint density at radius 3 is 2.62 bits per heavy atom. The summed E-state index contributed by atoms with van der Waals surface area (Å²) in [5.74, 6) is -0.650. The second-order valence-corrected chi connectivity index (χ2v) is 5.50. The van der Waals surface area contributed by atoms with E-state index in [2.05, 4.69) is 17.2 Å². The molecule has 6 nitrogen and oxygen atoms in total. The molecular formula is C18H18N2O4. The number of benzene rings is 2. The molecule has 2 amide bonds. The predicted molar refractivity (Wildman–Crippen MR) is 89.6 cm³/mol. The Balaban J connectivity index is 2.24. The van der Waals surface area contributed by atoms with Crippen LogP contribution in [0.4, 0.5) is 4.79 Å². The van der Waals surface area contributed by atoms with E-state index >= 15 is 0 Å². The number of fused-ring (bicyclic) bond motifs is 1. The number of methoxy groups -OCH3 is 2. The van der Waals surface area contributed by atoms with Crippen LogP contribution in [-0.4, -0.2) is 26.2 Å². The molecule has 0 aliphatic carbocycles. The van der Waals surface area contributed by atoms with Crippen molar-refractivity contribution >= 4 is 22.8 Å². The van der Waals surface area contributed by atoms with Gasteiger partial charge in [0.2, 0.25) is 0 Å². The lowest BCUT2D eigenvalue weighted by Crippen LogP contribution is -2.51. The van der Waals surface area contributed by atoms with Crippen molar-refractivity contribution in [2.45, 2.75) is 6.04 Å². The van der Waals surface area contributed by atoms with E-state index in [4.69, 9.17) is 9.47 Å². The van der Waals surface area contributed by atoms with E-state index in [-0.39, 0.29) is 0 Å². The zero-order chi connectivity index (χ0) is 17.3. The lowest BCUT2D eigenvalue weighted by Gasteiger charge is -2.34. The molecule has 1 saturated heterocycles. The standard InChI is InChI=1S/C18H18N2O4/c1-10-14(17(21)24-3)16(20-18(22)19-10)15-12-7-5-4-6-11(12)8-9-13(15)23-2/h4-9,14,16H,1H2,2-3H3,(H2,19,20,22). The van der Waals surface area contributed by atoms with Gasteiger partial charge in [0.1, 0.15) is 11.7 Å². The van der Waals surface area contributed by atoms with Crippen LogP contribution in [0.2, 0.25) is 0 Å². The van der Waals surface area contributed by atoms with Crippen molar-refractivity contribution in [2.75, 3.05) is 14.2 Å². The Bertz CT molecular complexity index is 831. The van der Waals surface area contributed by atoms with Gasteiger partial charge in [0.05, 0.1) is 20.3 Å². The largest absolute Gasteiger partial charge is 0.496 e. The molecule has 0 saturated carbocycles. The van der Waals surface area contributed by atoms with E-state index < -0.39 is 24.0 Å². The molecule has 0 spiro atoms. The molecule has 2 atom stereocenters. The van der Waals surface area contributed by atoms with Gasteiger partial charge in [-0.25, -0.2) is 4.79 Å². The minimum Gasteiger partial charge on any atom is -0.496 e. The van der Waals surface area contributed by atoms with Gasteiger partial charge < -0.3 is 20.1 Å². The summed E-state index contributed by atoms with van der Waals surface area (Å²) in [6.45, 7) is 3.81. The first-order valence-electron chi connectivity index (χ1n) is 7.46. The molecular weight excluding hydrogens is 308 g/mol. The number of nitrogens with one attached hydrogen (secondary N) is 2. The minimum atomic E-state index is -0.757. The van der Waals surface area contributed by atoms with E-state index in [1.807, 2.05) is 36.4 Å². The van der Waals surface area contributed by atoms with E-state index in [0.717, 1.165) is 16.3 Å². The highest BCUT2D eigenvalue weighted by atomic mass is 16.5. The predicted octanol–water partition coefficient (Wildman–Crippen LogP) is 2.51. The lowest BCUT2D eigenvalue weighted by atomic mass is 9.86. The fraction of sp³-hybridized carbons (Fsp3) is 0.222. The van der Waals surface area contributed by atoms with Crippen LogP contribution in [0.1, 0.15) is 11.6 Å². The van der Waals surface area contributed by atoms with Crippen molar-refractivity contribution in [1.82, 2.24) is 10.6 Å². The number of carbonyl (C=O) groups excluding carboxylic acids is 2. The van der Waals surface area contributed by atoms with Gasteiger partial charge in [-0.05, 0) is 16.8 Å². The molecule has 24 heavy (non-hydrogen) atoms. The second-order valence-electron chi connectivity index (χ2n) is 5.50. The van der Waals surface area contributed by atoms with Crippen LogP contribution in [-0.2, 0) is 9.53 Å². The Morgan fingerprint density at radius 1 is 1.17 bits per heavy atom. The summed E-state index contributed by atoms with van der Waals surface area (Å²) < 4.78 is 10.4. The lowest BCUT2D eigenvalue weighted by molar-refractivity contribution is -0.145. The molecule has 1 aliphatic rings. The quantitative estimate of drug-likeness (QED) is 0.850. The van der Waals surface area contributed by atoms with E-state index in [1.54, 1.807) is 7.11 Å². The molecule has 2 N–H and O–H groups in total. The summed E-state index contributed by atoms with van der Waals surface area (Å²) in [5.41, 5.74) is 1.02. The van der Waals surface area contributed by atoms with Crippen molar-refractivity contribution in [3.8, 4) is 5.75 Å². The first kappa shape index (κ1) is 15.9. The third kappa shape index (κ3) is 2.56. The van der Waals surface area contributed by atoms with Crippen LogP contribution < -0.4 is 15.4 Å². The van der Waals surface area contributed by atoms with Crippen LogP contribution in [0.25, 0.3) is 10.8 Å². The highest BCUT2D eigenvalue weighted by molar-refractivity contribution is 5.92.